The minimum atomic E-state index is -0.617. The lowest BCUT2D eigenvalue weighted by atomic mass is 10.00. The van der Waals surface area contributed by atoms with E-state index in [1.165, 1.54) is 12.0 Å². The van der Waals surface area contributed by atoms with Crippen LogP contribution in [0.15, 0.2) is 24.3 Å². The smallest absolute Gasteiger partial charge is 0.354 e. The molecule has 156 valence electrons. The number of carbonyl (C=O) groups is 3. The monoisotopic (exact) mass is 418 g/mol. The maximum absolute atomic E-state index is 13.2. The number of esters is 1. The van der Waals surface area contributed by atoms with Crippen LogP contribution in [0.2, 0.25) is 5.02 Å². The first-order valence-electron chi connectivity index (χ1n) is 9.25. The fourth-order valence-electron chi connectivity index (χ4n) is 3.39. The zero-order valence-electron chi connectivity index (χ0n) is 17.9. The Balaban J connectivity index is 2.47. The lowest BCUT2D eigenvalue weighted by Gasteiger charge is -2.35. The average molecular weight is 419 g/mol. The summed E-state index contributed by atoms with van der Waals surface area (Å²) in [5.74, 6) is -1.08. The molecule has 29 heavy (non-hydrogen) atoms. The van der Waals surface area contributed by atoms with Crippen molar-refractivity contribution in [1.82, 2.24) is 9.47 Å². The van der Waals surface area contributed by atoms with E-state index in [4.69, 9.17) is 16.3 Å². The van der Waals surface area contributed by atoms with Crippen LogP contribution in [0.25, 0.3) is 0 Å². The predicted molar refractivity (Wildman–Crippen MR) is 113 cm³/mol. The Kier molecular flexibility index (Phi) is 6.58. The first-order valence-corrected chi connectivity index (χ1v) is 9.63. The zero-order chi connectivity index (χ0) is 22.1. The summed E-state index contributed by atoms with van der Waals surface area (Å²) in [6, 6.07) is 6.76. The van der Waals surface area contributed by atoms with Gasteiger partial charge in [-0.25, -0.2) is 4.79 Å². The topological polar surface area (TPSA) is 68.6 Å². The van der Waals surface area contributed by atoms with Crippen LogP contribution in [0.4, 0.5) is 0 Å². The van der Waals surface area contributed by atoms with Crippen LogP contribution in [-0.4, -0.2) is 46.3 Å². The Morgan fingerprint density at radius 3 is 2.24 bits per heavy atom. The van der Waals surface area contributed by atoms with Gasteiger partial charge in [0.05, 0.1) is 24.2 Å². The van der Waals surface area contributed by atoms with Crippen LogP contribution >= 0.6 is 11.6 Å². The van der Waals surface area contributed by atoms with E-state index >= 15 is 0 Å². The van der Waals surface area contributed by atoms with Crippen LogP contribution in [0, 0.1) is 13.8 Å². The number of aromatic nitrogens is 1. The van der Waals surface area contributed by atoms with Crippen LogP contribution in [-0.2, 0) is 11.8 Å². The Bertz CT molecular complexity index is 970. The van der Waals surface area contributed by atoms with Crippen molar-refractivity contribution in [2.45, 2.75) is 40.2 Å². The van der Waals surface area contributed by atoms with Crippen molar-refractivity contribution in [2.24, 2.45) is 7.05 Å². The number of methoxy groups -OCH3 is 1. The van der Waals surface area contributed by atoms with E-state index in [0.717, 1.165) is 0 Å². The Morgan fingerprint density at radius 2 is 1.72 bits per heavy atom. The number of hydrogen-bond donors (Lipinski definition) is 0. The van der Waals surface area contributed by atoms with Crippen molar-refractivity contribution in [3.63, 3.8) is 0 Å². The first-order chi connectivity index (χ1) is 13.4. The molecule has 1 heterocycles. The molecule has 1 aromatic heterocycles. The zero-order valence-corrected chi connectivity index (χ0v) is 18.7. The van der Waals surface area contributed by atoms with E-state index in [1.54, 1.807) is 49.7 Å². The normalized spacial score (nSPS) is 11.3. The molecular formula is C22H27ClN2O4. The number of halogens is 1. The number of carbonyl (C=O) groups excluding carboxylic acids is 3. The maximum atomic E-state index is 13.2. The second-order valence-corrected chi connectivity index (χ2v) is 8.36. The fraction of sp³-hybridized carbons (Fsp3) is 0.409. The molecule has 0 atom stereocenters. The Morgan fingerprint density at radius 1 is 1.14 bits per heavy atom. The largest absolute Gasteiger partial charge is 0.464 e. The number of Topliss-reactive ketones (excluding diaryl/α,β-unsaturated/α-hetero) is 1. The van der Waals surface area contributed by atoms with Gasteiger partial charge in [-0.3, -0.25) is 9.59 Å². The van der Waals surface area contributed by atoms with E-state index in [2.05, 4.69) is 0 Å². The third-order valence-electron chi connectivity index (χ3n) is 5.05. The molecule has 0 fully saturated rings. The highest BCUT2D eigenvalue weighted by Crippen LogP contribution is 2.26. The molecule has 7 heteroatoms. The minimum absolute atomic E-state index is 0.139. The third-order valence-corrected chi connectivity index (χ3v) is 5.38. The van der Waals surface area contributed by atoms with Crippen LogP contribution in [0.5, 0.6) is 0 Å². The van der Waals surface area contributed by atoms with Gasteiger partial charge in [0.25, 0.3) is 5.91 Å². The first kappa shape index (κ1) is 22.7. The second kappa shape index (κ2) is 8.41. The highest BCUT2D eigenvalue weighted by atomic mass is 35.5. The molecule has 2 aromatic rings. The van der Waals surface area contributed by atoms with E-state index in [0.29, 0.717) is 33.1 Å². The Hall–Kier alpha value is -2.60. The van der Waals surface area contributed by atoms with E-state index in [9.17, 15) is 14.4 Å². The summed E-state index contributed by atoms with van der Waals surface area (Å²) in [6.07, 6.45) is 0. The average Bonchev–Trinajstić information content (AvgIpc) is 2.86. The van der Waals surface area contributed by atoms with Crippen molar-refractivity contribution >= 4 is 29.3 Å². The molecule has 0 unspecified atom stereocenters. The molecule has 0 N–H and O–H groups in total. The van der Waals surface area contributed by atoms with Gasteiger partial charge in [-0.1, -0.05) is 23.7 Å². The van der Waals surface area contributed by atoms with E-state index < -0.39 is 11.5 Å². The molecule has 0 aliphatic heterocycles. The summed E-state index contributed by atoms with van der Waals surface area (Å²) in [4.78, 5) is 40.1. The summed E-state index contributed by atoms with van der Waals surface area (Å²) in [7, 11) is 3.01. The lowest BCUT2D eigenvalue weighted by molar-refractivity contribution is 0.0546. The molecule has 6 nitrogen and oxygen atoms in total. The number of hydrogen-bond acceptors (Lipinski definition) is 4. The number of nitrogens with zero attached hydrogens (tertiary/aromatic N) is 2. The molecule has 2 rings (SSSR count). The predicted octanol–water partition coefficient (Wildman–Crippen LogP) is 4.21. The highest BCUT2D eigenvalue weighted by Gasteiger charge is 2.33. The molecule has 0 aliphatic rings. The summed E-state index contributed by atoms with van der Waals surface area (Å²) in [5, 5.41) is 0.333. The quantitative estimate of drug-likeness (QED) is 0.539. The van der Waals surface area contributed by atoms with Crippen molar-refractivity contribution < 1.29 is 19.1 Å². The van der Waals surface area contributed by atoms with Crippen molar-refractivity contribution in [1.29, 1.82) is 0 Å². The number of rotatable bonds is 5. The molecule has 0 saturated heterocycles. The summed E-state index contributed by atoms with van der Waals surface area (Å²) < 4.78 is 6.48. The van der Waals surface area contributed by atoms with Gasteiger partial charge in [0.2, 0.25) is 0 Å². The van der Waals surface area contributed by atoms with Gasteiger partial charge in [0, 0.05) is 23.8 Å². The standard InChI is InChI=1S/C22H27ClN2O4/c1-13-18(14(2)24(6)19(13)21(28)29-7)17(26)12-25(22(3,4)5)20(27)15-10-8-9-11-16(15)23/h8-11H,12H2,1-7H3. The summed E-state index contributed by atoms with van der Waals surface area (Å²) in [6.45, 7) is 8.92. The number of ether oxygens (including phenoxy) is 1. The van der Waals surface area contributed by atoms with E-state index in [-0.39, 0.29) is 18.2 Å². The van der Waals surface area contributed by atoms with Gasteiger partial charge in [0.1, 0.15) is 5.69 Å². The number of amides is 1. The minimum Gasteiger partial charge on any atom is -0.464 e. The van der Waals surface area contributed by atoms with Crippen LogP contribution in [0.3, 0.4) is 0 Å². The molecule has 0 aliphatic carbocycles. The second-order valence-electron chi connectivity index (χ2n) is 7.95. The summed E-state index contributed by atoms with van der Waals surface area (Å²) >= 11 is 6.21. The number of ketones is 1. The molecule has 1 amide bonds. The van der Waals surface area contributed by atoms with Crippen LogP contribution < -0.4 is 0 Å². The molecule has 1 aromatic carbocycles. The van der Waals surface area contributed by atoms with Gasteiger partial charge in [-0.15, -0.1) is 0 Å². The lowest BCUT2D eigenvalue weighted by Crippen LogP contribution is -2.48. The SMILES string of the molecule is COC(=O)c1c(C)c(C(=O)CN(C(=O)c2ccccc2Cl)C(C)(C)C)c(C)n1C. The van der Waals surface area contributed by atoms with E-state index in [1.807, 2.05) is 20.8 Å². The van der Waals surface area contributed by atoms with Gasteiger partial charge in [0.15, 0.2) is 5.78 Å². The Labute approximate surface area is 176 Å². The van der Waals surface area contributed by atoms with Gasteiger partial charge in [-0.2, -0.15) is 0 Å². The van der Waals surface area contributed by atoms with Gasteiger partial charge < -0.3 is 14.2 Å². The molecule has 0 spiro atoms. The molecular weight excluding hydrogens is 392 g/mol. The highest BCUT2D eigenvalue weighted by molar-refractivity contribution is 6.33. The molecule has 0 saturated carbocycles. The van der Waals surface area contributed by atoms with Crippen LogP contribution in [0.1, 0.15) is 63.2 Å². The van der Waals surface area contributed by atoms with Crippen molar-refractivity contribution in [3.8, 4) is 0 Å². The summed E-state index contributed by atoms with van der Waals surface area (Å²) in [5.41, 5.74) is 1.66. The number of benzene rings is 1. The van der Waals surface area contributed by atoms with Gasteiger partial charge >= 0.3 is 5.97 Å². The van der Waals surface area contributed by atoms with Crippen molar-refractivity contribution in [2.75, 3.05) is 13.7 Å². The van der Waals surface area contributed by atoms with Crippen molar-refractivity contribution in [3.05, 3.63) is 57.4 Å². The fourth-order valence-corrected chi connectivity index (χ4v) is 3.61. The maximum Gasteiger partial charge on any atom is 0.354 e. The van der Waals surface area contributed by atoms with Gasteiger partial charge in [-0.05, 0) is 52.3 Å². The molecule has 0 radical (unpaired) electrons. The molecule has 0 bridgehead atoms. The third kappa shape index (κ3) is 4.37.